The van der Waals surface area contributed by atoms with Crippen molar-refractivity contribution < 1.29 is 0 Å². The van der Waals surface area contributed by atoms with Gasteiger partial charge in [0.1, 0.15) is 0 Å². The molecule has 1 fully saturated rings. The summed E-state index contributed by atoms with van der Waals surface area (Å²) < 4.78 is 0. The Morgan fingerprint density at radius 3 is 2.62 bits per heavy atom. The van der Waals surface area contributed by atoms with E-state index in [0.717, 1.165) is 10.5 Å². The van der Waals surface area contributed by atoms with Gasteiger partial charge >= 0.3 is 0 Å². The Kier molecular flexibility index (Phi) is 2.57. The van der Waals surface area contributed by atoms with E-state index in [4.69, 9.17) is 0 Å². The van der Waals surface area contributed by atoms with Crippen LogP contribution in [0.1, 0.15) is 13.8 Å². The third kappa shape index (κ3) is 1.90. The highest BCUT2D eigenvalue weighted by molar-refractivity contribution is 8.09. The third-order valence-electron chi connectivity index (χ3n) is 1.32. The summed E-state index contributed by atoms with van der Waals surface area (Å²) >= 11 is 4.17. The second-order valence-electron chi connectivity index (χ2n) is 2.04. The predicted molar refractivity (Wildman–Crippen MR) is 43.8 cm³/mol. The van der Waals surface area contributed by atoms with Crippen molar-refractivity contribution in [3.8, 4) is 0 Å². The van der Waals surface area contributed by atoms with Crippen LogP contribution >= 0.6 is 23.5 Å². The first kappa shape index (κ1) is 6.81. The fraction of sp³-hybridized carbons (Fsp3) is 1.00. The normalized spacial score (nSPS) is 35.2. The summed E-state index contributed by atoms with van der Waals surface area (Å²) in [6.45, 7) is 4.54. The average molecular weight is 148 g/mol. The lowest BCUT2D eigenvalue weighted by Crippen LogP contribution is -1.92. The first-order valence-corrected chi connectivity index (χ1v) is 5.17. The lowest BCUT2D eigenvalue weighted by molar-refractivity contribution is 1.06. The van der Waals surface area contributed by atoms with Crippen molar-refractivity contribution in [3.05, 3.63) is 0 Å². The smallest absolute Gasteiger partial charge is 0.0257 e. The SMILES string of the molecule is CCSCC1SC1C. The average Bonchev–Trinajstić information content (AvgIpc) is 2.42. The molecule has 0 aromatic carbocycles. The van der Waals surface area contributed by atoms with E-state index in [9.17, 15) is 0 Å². The molecular formula is C6H12S2. The van der Waals surface area contributed by atoms with Crippen LogP contribution in [0, 0.1) is 0 Å². The molecule has 0 saturated carbocycles. The van der Waals surface area contributed by atoms with E-state index in [1.165, 1.54) is 11.5 Å². The summed E-state index contributed by atoms with van der Waals surface area (Å²) in [6.07, 6.45) is 0. The minimum atomic E-state index is 0.967. The molecule has 0 bridgehead atoms. The lowest BCUT2D eigenvalue weighted by Gasteiger charge is -1.90. The summed E-state index contributed by atoms with van der Waals surface area (Å²) in [5.74, 6) is 2.66. The zero-order valence-corrected chi connectivity index (χ0v) is 7.02. The molecule has 2 unspecified atom stereocenters. The van der Waals surface area contributed by atoms with Crippen molar-refractivity contribution in [2.45, 2.75) is 24.3 Å². The molecule has 1 rings (SSSR count). The molecule has 2 atom stereocenters. The quantitative estimate of drug-likeness (QED) is 0.563. The van der Waals surface area contributed by atoms with Gasteiger partial charge in [-0.05, 0) is 5.75 Å². The summed E-state index contributed by atoms with van der Waals surface area (Å²) in [4.78, 5) is 0. The Hall–Kier alpha value is 0.700. The van der Waals surface area contributed by atoms with Crippen molar-refractivity contribution >= 4 is 23.5 Å². The number of hydrogen-bond donors (Lipinski definition) is 0. The van der Waals surface area contributed by atoms with Crippen molar-refractivity contribution in [2.75, 3.05) is 11.5 Å². The number of thioether (sulfide) groups is 2. The standard InChI is InChI=1S/C6H12S2/c1-3-7-4-6-5(2)8-6/h5-6H,3-4H2,1-2H3. The fourth-order valence-electron chi connectivity index (χ4n) is 0.639. The van der Waals surface area contributed by atoms with Gasteiger partial charge in [0.2, 0.25) is 0 Å². The van der Waals surface area contributed by atoms with Gasteiger partial charge in [-0.3, -0.25) is 0 Å². The van der Waals surface area contributed by atoms with Gasteiger partial charge in [-0.25, -0.2) is 0 Å². The van der Waals surface area contributed by atoms with Gasteiger partial charge in [0.15, 0.2) is 0 Å². The largest absolute Gasteiger partial charge is 0.161 e. The van der Waals surface area contributed by atoms with Crippen LogP contribution in [-0.4, -0.2) is 22.0 Å². The third-order valence-corrected chi connectivity index (χ3v) is 3.90. The van der Waals surface area contributed by atoms with Crippen LogP contribution in [0.15, 0.2) is 0 Å². The summed E-state index contributed by atoms with van der Waals surface area (Å²) in [5, 5.41) is 1.97. The molecule has 0 aromatic rings. The van der Waals surface area contributed by atoms with Gasteiger partial charge in [-0.15, -0.1) is 0 Å². The first-order valence-electron chi connectivity index (χ1n) is 3.07. The Morgan fingerprint density at radius 2 is 2.25 bits per heavy atom. The molecule has 0 amide bonds. The predicted octanol–water partition coefficient (Wildman–Crippen LogP) is 2.24. The van der Waals surface area contributed by atoms with Gasteiger partial charge in [-0.2, -0.15) is 23.5 Å². The Balaban J connectivity index is 1.89. The summed E-state index contributed by atoms with van der Waals surface area (Å²) in [7, 11) is 0. The molecule has 1 heterocycles. The molecule has 0 aliphatic carbocycles. The minimum Gasteiger partial charge on any atom is -0.161 e. The van der Waals surface area contributed by atoms with Gasteiger partial charge < -0.3 is 0 Å². The minimum absolute atomic E-state index is 0.967. The van der Waals surface area contributed by atoms with Crippen molar-refractivity contribution in [1.29, 1.82) is 0 Å². The van der Waals surface area contributed by atoms with Gasteiger partial charge in [-0.1, -0.05) is 13.8 Å². The molecule has 8 heavy (non-hydrogen) atoms. The topological polar surface area (TPSA) is 0 Å². The van der Waals surface area contributed by atoms with Gasteiger partial charge in [0, 0.05) is 16.3 Å². The first-order chi connectivity index (χ1) is 3.84. The molecule has 48 valence electrons. The molecular weight excluding hydrogens is 136 g/mol. The van der Waals surface area contributed by atoms with E-state index in [-0.39, 0.29) is 0 Å². The monoisotopic (exact) mass is 148 g/mol. The van der Waals surface area contributed by atoms with E-state index >= 15 is 0 Å². The van der Waals surface area contributed by atoms with E-state index in [1.807, 2.05) is 0 Å². The van der Waals surface area contributed by atoms with E-state index < -0.39 is 0 Å². The van der Waals surface area contributed by atoms with Crippen LogP contribution in [0.2, 0.25) is 0 Å². The summed E-state index contributed by atoms with van der Waals surface area (Å²) in [5.41, 5.74) is 0. The molecule has 0 spiro atoms. The van der Waals surface area contributed by atoms with Crippen LogP contribution in [0.3, 0.4) is 0 Å². The van der Waals surface area contributed by atoms with Crippen LogP contribution in [0.25, 0.3) is 0 Å². The van der Waals surface area contributed by atoms with E-state index in [2.05, 4.69) is 37.4 Å². The lowest BCUT2D eigenvalue weighted by atomic mass is 10.4. The van der Waals surface area contributed by atoms with E-state index in [1.54, 1.807) is 0 Å². The molecule has 2 heteroatoms. The Labute approximate surface area is 59.8 Å². The zero-order chi connectivity index (χ0) is 5.98. The maximum atomic E-state index is 2.31. The van der Waals surface area contributed by atoms with Crippen LogP contribution < -0.4 is 0 Å². The molecule has 0 radical (unpaired) electrons. The molecule has 0 nitrogen and oxygen atoms in total. The second-order valence-corrected chi connectivity index (χ2v) is 4.98. The molecule has 1 saturated heterocycles. The second kappa shape index (κ2) is 3.02. The fourth-order valence-corrected chi connectivity index (χ4v) is 2.68. The van der Waals surface area contributed by atoms with Gasteiger partial charge in [0.25, 0.3) is 0 Å². The molecule has 1 aliphatic rings. The molecule has 0 aromatic heterocycles. The number of hydrogen-bond acceptors (Lipinski definition) is 2. The Bertz CT molecular complexity index is 72.9. The maximum Gasteiger partial charge on any atom is 0.0257 e. The van der Waals surface area contributed by atoms with Crippen LogP contribution in [0.4, 0.5) is 0 Å². The zero-order valence-electron chi connectivity index (χ0n) is 5.39. The summed E-state index contributed by atoms with van der Waals surface area (Å²) in [6, 6.07) is 0. The van der Waals surface area contributed by atoms with Gasteiger partial charge in [0.05, 0.1) is 0 Å². The van der Waals surface area contributed by atoms with Crippen LogP contribution in [-0.2, 0) is 0 Å². The van der Waals surface area contributed by atoms with Crippen molar-refractivity contribution in [1.82, 2.24) is 0 Å². The Morgan fingerprint density at radius 1 is 1.62 bits per heavy atom. The number of rotatable bonds is 3. The van der Waals surface area contributed by atoms with E-state index in [0.29, 0.717) is 0 Å². The molecule has 0 N–H and O–H groups in total. The van der Waals surface area contributed by atoms with Crippen molar-refractivity contribution in [3.63, 3.8) is 0 Å². The molecule has 1 aliphatic heterocycles. The van der Waals surface area contributed by atoms with Crippen molar-refractivity contribution in [2.24, 2.45) is 0 Å². The highest BCUT2D eigenvalue weighted by Crippen LogP contribution is 2.42. The van der Waals surface area contributed by atoms with Crippen LogP contribution in [0.5, 0.6) is 0 Å². The highest BCUT2D eigenvalue weighted by Gasteiger charge is 2.32. The highest BCUT2D eigenvalue weighted by atomic mass is 32.2. The maximum absolute atomic E-state index is 2.31.